The van der Waals surface area contributed by atoms with E-state index in [-0.39, 0.29) is 6.10 Å². The molecule has 1 aliphatic carbocycles. The van der Waals surface area contributed by atoms with Crippen LogP contribution >= 0.6 is 15.9 Å². The third-order valence-corrected chi connectivity index (χ3v) is 3.55. The molecule has 0 aromatic carbocycles. The molecule has 1 atom stereocenters. The van der Waals surface area contributed by atoms with Gasteiger partial charge in [0.2, 0.25) is 0 Å². The second-order valence-electron chi connectivity index (χ2n) is 4.44. The summed E-state index contributed by atoms with van der Waals surface area (Å²) < 4.78 is 0. The SMILES string of the molecule is CN(CC(O)CBr)CC1(O)CCCC1. The van der Waals surface area contributed by atoms with Crippen LogP contribution in [0.25, 0.3) is 0 Å². The van der Waals surface area contributed by atoms with Gasteiger partial charge in [-0.05, 0) is 19.9 Å². The summed E-state index contributed by atoms with van der Waals surface area (Å²) in [6.45, 7) is 1.30. The van der Waals surface area contributed by atoms with Crippen molar-refractivity contribution in [2.75, 3.05) is 25.5 Å². The molecule has 0 heterocycles. The Bertz CT molecular complexity index is 172. The number of likely N-dealkylation sites (N-methyl/N-ethyl adjacent to an activating group) is 1. The summed E-state index contributed by atoms with van der Waals surface area (Å²) in [7, 11) is 1.95. The Balaban J connectivity index is 2.28. The molecule has 2 N–H and O–H groups in total. The highest BCUT2D eigenvalue weighted by atomic mass is 79.9. The lowest BCUT2D eigenvalue weighted by Gasteiger charge is -2.29. The third-order valence-electron chi connectivity index (χ3n) is 2.80. The van der Waals surface area contributed by atoms with Crippen molar-refractivity contribution in [2.45, 2.75) is 37.4 Å². The summed E-state index contributed by atoms with van der Waals surface area (Å²) >= 11 is 3.23. The third kappa shape index (κ3) is 3.85. The Labute approximate surface area is 94.2 Å². The van der Waals surface area contributed by atoms with Crippen LogP contribution in [0.15, 0.2) is 0 Å². The molecule has 14 heavy (non-hydrogen) atoms. The Hall–Kier alpha value is 0.360. The van der Waals surface area contributed by atoms with Crippen LogP contribution < -0.4 is 0 Å². The lowest BCUT2D eigenvalue weighted by molar-refractivity contribution is 0.00736. The van der Waals surface area contributed by atoms with E-state index in [9.17, 15) is 10.2 Å². The van der Waals surface area contributed by atoms with Crippen LogP contribution in [0.4, 0.5) is 0 Å². The molecule has 1 rings (SSSR count). The van der Waals surface area contributed by atoms with E-state index in [1.54, 1.807) is 0 Å². The predicted molar refractivity (Wildman–Crippen MR) is 60.7 cm³/mol. The highest BCUT2D eigenvalue weighted by Crippen LogP contribution is 2.29. The molecule has 0 amide bonds. The number of aliphatic hydroxyl groups is 2. The number of halogens is 1. The van der Waals surface area contributed by atoms with Crippen molar-refractivity contribution >= 4 is 15.9 Å². The molecule has 4 heteroatoms. The molecule has 1 unspecified atom stereocenters. The minimum atomic E-state index is -0.499. The smallest absolute Gasteiger partial charge is 0.0774 e. The van der Waals surface area contributed by atoms with Crippen LogP contribution in [0.3, 0.4) is 0 Å². The normalized spacial score (nSPS) is 22.9. The second kappa shape index (κ2) is 5.45. The lowest BCUT2D eigenvalue weighted by Crippen LogP contribution is -2.42. The van der Waals surface area contributed by atoms with E-state index >= 15 is 0 Å². The van der Waals surface area contributed by atoms with Crippen molar-refractivity contribution in [3.63, 3.8) is 0 Å². The van der Waals surface area contributed by atoms with Gasteiger partial charge in [0.05, 0.1) is 11.7 Å². The van der Waals surface area contributed by atoms with Gasteiger partial charge in [-0.25, -0.2) is 0 Å². The summed E-state index contributed by atoms with van der Waals surface area (Å²) in [4.78, 5) is 2.01. The molecule has 1 saturated carbocycles. The molecule has 1 aliphatic rings. The van der Waals surface area contributed by atoms with E-state index in [4.69, 9.17) is 0 Å². The zero-order chi connectivity index (χ0) is 10.6. The van der Waals surface area contributed by atoms with Crippen LogP contribution in [0.5, 0.6) is 0 Å². The fourth-order valence-electron chi connectivity index (χ4n) is 2.17. The molecule has 1 fully saturated rings. The minimum absolute atomic E-state index is 0.343. The van der Waals surface area contributed by atoms with E-state index in [1.165, 1.54) is 0 Å². The molecule has 0 bridgehead atoms. The fraction of sp³-hybridized carbons (Fsp3) is 1.00. The molecule has 0 aromatic rings. The van der Waals surface area contributed by atoms with Gasteiger partial charge in [-0.1, -0.05) is 28.8 Å². The van der Waals surface area contributed by atoms with Gasteiger partial charge in [0.1, 0.15) is 0 Å². The monoisotopic (exact) mass is 265 g/mol. The second-order valence-corrected chi connectivity index (χ2v) is 5.08. The standard InChI is InChI=1S/C10H20BrNO2/c1-12(7-9(13)6-11)8-10(14)4-2-3-5-10/h9,13-14H,2-8H2,1H3. The van der Waals surface area contributed by atoms with Crippen molar-refractivity contribution < 1.29 is 10.2 Å². The van der Waals surface area contributed by atoms with Crippen LogP contribution in [0, 0.1) is 0 Å². The van der Waals surface area contributed by atoms with Gasteiger partial charge in [0.15, 0.2) is 0 Å². The molecule has 0 radical (unpaired) electrons. The maximum Gasteiger partial charge on any atom is 0.0774 e. The first-order valence-corrected chi connectivity index (χ1v) is 6.33. The number of rotatable bonds is 5. The van der Waals surface area contributed by atoms with Crippen molar-refractivity contribution in [3.05, 3.63) is 0 Å². The highest BCUT2D eigenvalue weighted by Gasteiger charge is 2.32. The lowest BCUT2D eigenvalue weighted by atomic mass is 10.0. The molecule has 0 spiro atoms. The highest BCUT2D eigenvalue weighted by molar-refractivity contribution is 9.09. The average molecular weight is 266 g/mol. The molecule has 0 aliphatic heterocycles. The van der Waals surface area contributed by atoms with Crippen molar-refractivity contribution in [2.24, 2.45) is 0 Å². The Morgan fingerprint density at radius 1 is 1.43 bits per heavy atom. The summed E-state index contributed by atoms with van der Waals surface area (Å²) in [5.74, 6) is 0. The first kappa shape index (κ1) is 12.4. The number of alkyl halides is 1. The van der Waals surface area contributed by atoms with E-state index in [0.717, 1.165) is 25.7 Å². The van der Waals surface area contributed by atoms with Gasteiger partial charge in [0.25, 0.3) is 0 Å². The fourth-order valence-corrected chi connectivity index (χ4v) is 2.37. The zero-order valence-corrected chi connectivity index (χ0v) is 10.3. The van der Waals surface area contributed by atoms with Gasteiger partial charge in [-0.2, -0.15) is 0 Å². The molecule has 0 saturated heterocycles. The molecular formula is C10H20BrNO2. The maximum atomic E-state index is 10.1. The van der Waals surface area contributed by atoms with E-state index in [0.29, 0.717) is 18.4 Å². The predicted octanol–water partition coefficient (Wildman–Crippen LogP) is 0.979. The first-order chi connectivity index (χ1) is 6.56. The van der Waals surface area contributed by atoms with Crippen LogP contribution in [-0.2, 0) is 0 Å². The Morgan fingerprint density at radius 2 is 2.00 bits per heavy atom. The Kier molecular flexibility index (Phi) is 4.83. The van der Waals surface area contributed by atoms with Gasteiger partial charge >= 0.3 is 0 Å². The number of hydrogen-bond donors (Lipinski definition) is 2. The minimum Gasteiger partial charge on any atom is -0.391 e. The first-order valence-electron chi connectivity index (χ1n) is 5.21. The largest absolute Gasteiger partial charge is 0.391 e. The molecule has 84 valence electrons. The number of aliphatic hydroxyl groups excluding tert-OH is 1. The van der Waals surface area contributed by atoms with E-state index < -0.39 is 5.60 Å². The zero-order valence-electron chi connectivity index (χ0n) is 8.75. The molecular weight excluding hydrogens is 246 g/mol. The number of nitrogens with zero attached hydrogens (tertiary/aromatic N) is 1. The summed E-state index contributed by atoms with van der Waals surface area (Å²) in [6, 6.07) is 0. The summed E-state index contributed by atoms with van der Waals surface area (Å²) in [5.41, 5.74) is -0.499. The van der Waals surface area contributed by atoms with Crippen molar-refractivity contribution in [1.82, 2.24) is 4.90 Å². The van der Waals surface area contributed by atoms with Crippen LogP contribution in [0.2, 0.25) is 0 Å². The topological polar surface area (TPSA) is 43.7 Å². The van der Waals surface area contributed by atoms with E-state index in [2.05, 4.69) is 15.9 Å². The van der Waals surface area contributed by atoms with Gasteiger partial charge in [-0.15, -0.1) is 0 Å². The molecule has 3 nitrogen and oxygen atoms in total. The molecule has 0 aromatic heterocycles. The Morgan fingerprint density at radius 3 is 2.50 bits per heavy atom. The quantitative estimate of drug-likeness (QED) is 0.729. The number of hydrogen-bond acceptors (Lipinski definition) is 3. The maximum absolute atomic E-state index is 10.1. The van der Waals surface area contributed by atoms with Crippen LogP contribution in [0.1, 0.15) is 25.7 Å². The van der Waals surface area contributed by atoms with E-state index in [1.807, 2.05) is 11.9 Å². The average Bonchev–Trinajstić information content (AvgIpc) is 2.51. The summed E-state index contributed by atoms with van der Waals surface area (Å²) in [6.07, 6.45) is 3.73. The van der Waals surface area contributed by atoms with Crippen LogP contribution in [-0.4, -0.2) is 52.3 Å². The van der Waals surface area contributed by atoms with Crippen molar-refractivity contribution in [3.8, 4) is 0 Å². The summed E-state index contributed by atoms with van der Waals surface area (Å²) in [5, 5.41) is 20.1. The van der Waals surface area contributed by atoms with Gasteiger partial charge in [0, 0.05) is 18.4 Å². The van der Waals surface area contributed by atoms with Gasteiger partial charge < -0.3 is 15.1 Å². The van der Waals surface area contributed by atoms with Gasteiger partial charge in [-0.3, -0.25) is 0 Å². The van der Waals surface area contributed by atoms with Crippen molar-refractivity contribution in [1.29, 1.82) is 0 Å².